The van der Waals surface area contributed by atoms with Gasteiger partial charge in [0.15, 0.2) is 23.4 Å². The molecular weight excluding hydrogens is 256 g/mol. The first-order valence-corrected chi connectivity index (χ1v) is 6.84. The Kier molecular flexibility index (Phi) is 2.06. The van der Waals surface area contributed by atoms with Crippen LogP contribution in [0.25, 0.3) is 0 Å². The van der Waals surface area contributed by atoms with Crippen molar-refractivity contribution in [1.82, 2.24) is 0 Å². The Morgan fingerprint density at radius 3 is 3.00 bits per heavy atom. The van der Waals surface area contributed by atoms with Crippen molar-refractivity contribution in [2.75, 3.05) is 7.11 Å². The van der Waals surface area contributed by atoms with E-state index in [1.54, 1.807) is 13.2 Å². The van der Waals surface area contributed by atoms with Gasteiger partial charge in [0.1, 0.15) is 0 Å². The zero-order valence-electron chi connectivity index (χ0n) is 11.5. The van der Waals surface area contributed by atoms with Gasteiger partial charge >= 0.3 is 0 Å². The minimum atomic E-state index is -1.03. The number of hydrogen-bond donors (Lipinski definition) is 1. The molecule has 0 spiro atoms. The monoisotopic (exact) mass is 272 g/mol. The van der Waals surface area contributed by atoms with Crippen LogP contribution in [0.2, 0.25) is 0 Å². The summed E-state index contributed by atoms with van der Waals surface area (Å²) in [6, 6.07) is 3.88. The third-order valence-electron chi connectivity index (χ3n) is 5.16. The second-order valence-electron chi connectivity index (χ2n) is 5.99. The molecule has 4 nitrogen and oxygen atoms in total. The Balaban J connectivity index is 2.07. The van der Waals surface area contributed by atoms with Crippen LogP contribution >= 0.6 is 0 Å². The van der Waals surface area contributed by atoms with Gasteiger partial charge < -0.3 is 14.6 Å². The third kappa shape index (κ3) is 1.10. The average Bonchev–Trinajstić information content (AvgIpc) is 2.77. The highest BCUT2D eigenvalue weighted by Gasteiger charge is 2.64. The summed E-state index contributed by atoms with van der Waals surface area (Å²) in [5, 5.41) is 11.0. The van der Waals surface area contributed by atoms with Crippen molar-refractivity contribution >= 4 is 5.78 Å². The number of ketones is 1. The molecule has 4 heteroatoms. The minimum absolute atomic E-state index is 0.0942. The number of carbonyl (C=O) groups excluding carboxylic acids is 1. The Morgan fingerprint density at radius 1 is 1.45 bits per heavy atom. The van der Waals surface area contributed by atoms with E-state index in [1.807, 2.05) is 19.1 Å². The Bertz CT molecular complexity index is 663. The van der Waals surface area contributed by atoms with E-state index in [0.717, 1.165) is 17.5 Å². The summed E-state index contributed by atoms with van der Waals surface area (Å²) < 4.78 is 11.3. The van der Waals surface area contributed by atoms with Gasteiger partial charge in [0, 0.05) is 5.56 Å². The fourth-order valence-corrected chi connectivity index (χ4v) is 3.96. The van der Waals surface area contributed by atoms with E-state index in [1.165, 1.54) is 6.08 Å². The molecule has 0 saturated carbocycles. The summed E-state index contributed by atoms with van der Waals surface area (Å²) in [5.41, 5.74) is 0.318. The smallest absolute Gasteiger partial charge is 0.196 e. The predicted octanol–water partition coefficient (Wildman–Crippen LogP) is 1.53. The molecule has 2 aliphatic carbocycles. The normalized spacial score (nSPS) is 36.5. The lowest BCUT2D eigenvalue weighted by molar-refractivity contribution is -0.131. The molecule has 20 heavy (non-hydrogen) atoms. The molecule has 3 aliphatic rings. The van der Waals surface area contributed by atoms with Gasteiger partial charge in [-0.05, 0) is 43.5 Å². The third-order valence-corrected chi connectivity index (χ3v) is 5.16. The molecule has 0 aromatic heterocycles. The SMILES string of the molecule is COc1ccc2c3c1O[C@H]1C(=O)C=C[C@@](O)(CC2)[C@@]31C. The summed E-state index contributed by atoms with van der Waals surface area (Å²) in [5.74, 6) is 1.15. The van der Waals surface area contributed by atoms with Crippen LogP contribution in [0, 0.1) is 0 Å². The second kappa shape index (κ2) is 3.44. The molecule has 0 unspecified atom stereocenters. The number of hydrogen-bond acceptors (Lipinski definition) is 4. The van der Waals surface area contributed by atoms with Crippen LogP contribution in [0.15, 0.2) is 24.3 Å². The van der Waals surface area contributed by atoms with E-state index in [9.17, 15) is 9.90 Å². The largest absolute Gasteiger partial charge is 0.493 e. The first kappa shape index (κ1) is 12.0. The second-order valence-corrected chi connectivity index (χ2v) is 5.99. The molecule has 0 bridgehead atoms. The van der Waals surface area contributed by atoms with E-state index < -0.39 is 17.1 Å². The van der Waals surface area contributed by atoms with E-state index in [-0.39, 0.29) is 5.78 Å². The number of benzene rings is 1. The number of rotatable bonds is 1. The molecule has 4 rings (SSSR count). The maximum Gasteiger partial charge on any atom is 0.196 e. The zero-order valence-corrected chi connectivity index (χ0v) is 11.5. The van der Waals surface area contributed by atoms with E-state index in [0.29, 0.717) is 17.9 Å². The lowest BCUT2D eigenvalue weighted by atomic mass is 9.57. The topological polar surface area (TPSA) is 55.8 Å². The Labute approximate surface area is 117 Å². The molecule has 1 aromatic rings. The van der Waals surface area contributed by atoms with Gasteiger partial charge in [-0.2, -0.15) is 0 Å². The number of aryl methyl sites for hydroxylation is 1. The first-order chi connectivity index (χ1) is 9.51. The fourth-order valence-electron chi connectivity index (χ4n) is 3.96. The molecule has 0 saturated heterocycles. The maximum atomic E-state index is 12.2. The van der Waals surface area contributed by atoms with Crippen LogP contribution in [-0.4, -0.2) is 29.7 Å². The zero-order chi connectivity index (χ0) is 14.1. The molecule has 0 fully saturated rings. The molecule has 1 heterocycles. The average molecular weight is 272 g/mol. The predicted molar refractivity (Wildman–Crippen MR) is 72.2 cm³/mol. The summed E-state index contributed by atoms with van der Waals surface area (Å²) in [6.07, 6.45) is 3.81. The standard InChI is InChI=1S/C16H16O4/c1-15-12-9-3-4-11(19-2)13(12)20-14(15)10(17)6-8-16(15,18)7-5-9/h3-4,6,8,14,18H,5,7H2,1-2H3/t14-,15-,16-/m0/s1. The van der Waals surface area contributed by atoms with Crippen LogP contribution in [-0.2, 0) is 16.6 Å². The summed E-state index contributed by atoms with van der Waals surface area (Å²) in [4.78, 5) is 12.2. The van der Waals surface area contributed by atoms with E-state index in [4.69, 9.17) is 9.47 Å². The van der Waals surface area contributed by atoms with Crippen molar-refractivity contribution in [3.8, 4) is 11.5 Å². The maximum absolute atomic E-state index is 12.2. The Morgan fingerprint density at radius 2 is 2.25 bits per heavy atom. The van der Waals surface area contributed by atoms with Crippen molar-refractivity contribution in [2.45, 2.75) is 36.9 Å². The van der Waals surface area contributed by atoms with Crippen molar-refractivity contribution in [3.63, 3.8) is 0 Å². The molecule has 104 valence electrons. The molecule has 3 atom stereocenters. The van der Waals surface area contributed by atoms with Crippen molar-refractivity contribution in [1.29, 1.82) is 0 Å². The van der Waals surface area contributed by atoms with Crippen molar-refractivity contribution in [2.24, 2.45) is 0 Å². The van der Waals surface area contributed by atoms with Gasteiger partial charge in [-0.25, -0.2) is 0 Å². The molecule has 1 aromatic carbocycles. The van der Waals surface area contributed by atoms with Crippen LogP contribution in [0.5, 0.6) is 11.5 Å². The summed E-state index contributed by atoms with van der Waals surface area (Å²) in [7, 11) is 1.58. The van der Waals surface area contributed by atoms with Crippen LogP contribution in [0.1, 0.15) is 24.5 Å². The summed E-state index contributed by atoms with van der Waals surface area (Å²) >= 11 is 0. The molecule has 0 radical (unpaired) electrons. The van der Waals surface area contributed by atoms with Crippen LogP contribution in [0.3, 0.4) is 0 Å². The highest BCUT2D eigenvalue weighted by atomic mass is 16.5. The molecule has 1 aliphatic heterocycles. The summed E-state index contributed by atoms with van der Waals surface area (Å²) in [6.45, 7) is 1.92. The van der Waals surface area contributed by atoms with Gasteiger partial charge in [-0.15, -0.1) is 0 Å². The van der Waals surface area contributed by atoms with Gasteiger partial charge in [-0.3, -0.25) is 4.79 Å². The van der Waals surface area contributed by atoms with E-state index >= 15 is 0 Å². The van der Waals surface area contributed by atoms with Crippen molar-refractivity contribution < 1.29 is 19.4 Å². The fraction of sp³-hybridized carbons (Fsp3) is 0.438. The van der Waals surface area contributed by atoms with Crippen LogP contribution < -0.4 is 9.47 Å². The lowest BCUT2D eigenvalue weighted by Crippen LogP contribution is -2.61. The Hall–Kier alpha value is -1.81. The van der Waals surface area contributed by atoms with E-state index in [2.05, 4.69) is 0 Å². The van der Waals surface area contributed by atoms with Crippen molar-refractivity contribution in [3.05, 3.63) is 35.4 Å². The molecular formula is C16H16O4. The molecule has 0 amide bonds. The van der Waals surface area contributed by atoms with Gasteiger partial charge in [0.05, 0.1) is 18.1 Å². The lowest BCUT2D eigenvalue weighted by Gasteiger charge is -2.48. The van der Waals surface area contributed by atoms with Crippen LogP contribution in [0.4, 0.5) is 0 Å². The van der Waals surface area contributed by atoms with Gasteiger partial charge in [0.25, 0.3) is 0 Å². The highest BCUT2D eigenvalue weighted by Crippen LogP contribution is 2.59. The minimum Gasteiger partial charge on any atom is -0.493 e. The quantitative estimate of drug-likeness (QED) is 0.842. The number of ether oxygens (including phenoxy) is 2. The number of methoxy groups -OCH3 is 1. The number of carbonyl (C=O) groups is 1. The first-order valence-electron chi connectivity index (χ1n) is 6.84. The molecule has 1 N–H and O–H groups in total. The highest BCUT2D eigenvalue weighted by molar-refractivity contribution is 5.98. The number of aliphatic hydroxyl groups is 1. The van der Waals surface area contributed by atoms with Gasteiger partial charge in [0.2, 0.25) is 0 Å². The van der Waals surface area contributed by atoms with Gasteiger partial charge in [-0.1, -0.05) is 6.07 Å².